The Morgan fingerprint density at radius 3 is 2.53 bits per heavy atom. The third kappa shape index (κ3) is 4.76. The quantitative estimate of drug-likeness (QED) is 0.798. The van der Waals surface area contributed by atoms with Gasteiger partial charge in [0.05, 0.1) is 5.75 Å². The first-order chi connectivity index (χ1) is 7.94. The van der Waals surface area contributed by atoms with Gasteiger partial charge in [-0.3, -0.25) is 0 Å². The van der Waals surface area contributed by atoms with Gasteiger partial charge < -0.3 is 5.11 Å². The van der Waals surface area contributed by atoms with Gasteiger partial charge in [-0.15, -0.1) is 0 Å². The average molecular weight is 265 g/mol. The topological polar surface area (TPSA) is 66.4 Å². The van der Waals surface area contributed by atoms with Gasteiger partial charge >= 0.3 is 0 Å². The summed E-state index contributed by atoms with van der Waals surface area (Å²) in [5.74, 6) is -2.19. The first-order valence-electron chi connectivity index (χ1n) is 4.97. The summed E-state index contributed by atoms with van der Waals surface area (Å²) in [6.07, 6.45) is 0.132. The van der Waals surface area contributed by atoms with E-state index in [9.17, 15) is 17.2 Å². The van der Waals surface area contributed by atoms with Gasteiger partial charge in [-0.05, 0) is 24.1 Å². The summed E-state index contributed by atoms with van der Waals surface area (Å²) in [6, 6.07) is 3.17. The molecule has 4 nitrogen and oxygen atoms in total. The second-order valence-corrected chi connectivity index (χ2v) is 5.39. The van der Waals surface area contributed by atoms with Crippen molar-refractivity contribution >= 4 is 10.0 Å². The van der Waals surface area contributed by atoms with Gasteiger partial charge in [0.2, 0.25) is 10.0 Å². The van der Waals surface area contributed by atoms with Crippen LogP contribution < -0.4 is 4.72 Å². The predicted molar refractivity (Wildman–Crippen MR) is 58.7 cm³/mol. The molecule has 0 spiro atoms. The van der Waals surface area contributed by atoms with Crippen molar-refractivity contribution in [2.75, 3.05) is 12.4 Å². The fraction of sp³-hybridized carbons (Fsp3) is 0.400. The van der Waals surface area contributed by atoms with Crippen molar-refractivity contribution in [1.29, 1.82) is 0 Å². The van der Waals surface area contributed by atoms with Gasteiger partial charge in [0, 0.05) is 13.2 Å². The third-order valence-electron chi connectivity index (χ3n) is 2.05. The van der Waals surface area contributed by atoms with Crippen LogP contribution in [-0.2, 0) is 16.6 Å². The largest absolute Gasteiger partial charge is 0.396 e. The Morgan fingerprint density at radius 2 is 1.94 bits per heavy atom. The van der Waals surface area contributed by atoms with Crippen LogP contribution in [0.15, 0.2) is 18.2 Å². The molecule has 1 aromatic carbocycles. The number of benzene rings is 1. The lowest BCUT2D eigenvalue weighted by molar-refractivity contribution is 0.295. The van der Waals surface area contributed by atoms with Crippen LogP contribution in [0, 0.1) is 11.6 Å². The average Bonchev–Trinajstić information content (AvgIpc) is 2.28. The summed E-state index contributed by atoms with van der Waals surface area (Å²) < 4.78 is 50.3. The van der Waals surface area contributed by atoms with E-state index in [1.165, 1.54) is 6.07 Å². The lowest BCUT2D eigenvalue weighted by Gasteiger charge is -2.06. The highest BCUT2D eigenvalue weighted by Crippen LogP contribution is 2.08. The molecular weight excluding hydrogens is 252 g/mol. The number of nitrogens with one attached hydrogen (secondary N) is 1. The monoisotopic (exact) mass is 265 g/mol. The minimum Gasteiger partial charge on any atom is -0.396 e. The van der Waals surface area contributed by atoms with Crippen LogP contribution in [-0.4, -0.2) is 25.9 Å². The first kappa shape index (κ1) is 14.0. The number of halogens is 2. The van der Waals surface area contributed by atoms with E-state index in [1.807, 2.05) is 0 Å². The lowest BCUT2D eigenvalue weighted by Crippen LogP contribution is -2.26. The summed E-state index contributed by atoms with van der Waals surface area (Å²) in [5.41, 5.74) is 0.330. The molecule has 7 heteroatoms. The Labute approximate surface area is 98.3 Å². The van der Waals surface area contributed by atoms with Gasteiger partial charge in [0.1, 0.15) is 0 Å². The number of sulfonamides is 1. The number of hydrogen-bond acceptors (Lipinski definition) is 3. The van der Waals surface area contributed by atoms with E-state index in [4.69, 9.17) is 5.11 Å². The molecular formula is C10H13F2NO3S. The van der Waals surface area contributed by atoms with Gasteiger partial charge in [0.15, 0.2) is 11.6 Å². The van der Waals surface area contributed by atoms with Crippen molar-refractivity contribution in [3.8, 4) is 0 Å². The highest BCUT2D eigenvalue weighted by molar-refractivity contribution is 7.89. The molecule has 1 rings (SSSR count). The summed E-state index contributed by atoms with van der Waals surface area (Å²) in [6.45, 7) is -0.322. The molecule has 0 aliphatic heterocycles. The summed E-state index contributed by atoms with van der Waals surface area (Å²) in [4.78, 5) is 0. The Kier molecular flexibility index (Phi) is 4.98. The lowest BCUT2D eigenvalue weighted by atomic mass is 10.2. The molecule has 0 atom stereocenters. The van der Waals surface area contributed by atoms with E-state index < -0.39 is 21.7 Å². The molecule has 17 heavy (non-hydrogen) atoms. The van der Waals surface area contributed by atoms with Crippen molar-refractivity contribution in [2.24, 2.45) is 0 Å². The zero-order chi connectivity index (χ0) is 12.9. The molecule has 96 valence electrons. The number of aliphatic hydroxyl groups is 1. The molecule has 0 aliphatic rings. The molecule has 0 saturated carbocycles. The van der Waals surface area contributed by atoms with Gasteiger partial charge in [-0.1, -0.05) is 6.07 Å². The number of rotatable bonds is 6. The van der Waals surface area contributed by atoms with Crippen LogP contribution in [0.5, 0.6) is 0 Å². The highest BCUT2D eigenvalue weighted by atomic mass is 32.2. The van der Waals surface area contributed by atoms with E-state index >= 15 is 0 Å². The molecule has 0 aromatic heterocycles. The number of aliphatic hydroxyl groups excluding tert-OH is 1. The molecule has 0 amide bonds. The van der Waals surface area contributed by atoms with Crippen LogP contribution in [0.3, 0.4) is 0 Å². The Morgan fingerprint density at radius 1 is 1.24 bits per heavy atom. The van der Waals surface area contributed by atoms with Crippen molar-refractivity contribution in [3.63, 3.8) is 0 Å². The van der Waals surface area contributed by atoms with Crippen molar-refractivity contribution in [1.82, 2.24) is 4.72 Å². The molecule has 0 radical (unpaired) electrons. The van der Waals surface area contributed by atoms with E-state index in [-0.39, 0.29) is 25.3 Å². The standard InChI is InChI=1S/C10H13F2NO3S/c11-9-3-2-8(6-10(9)12)7-13-17(15,16)5-1-4-14/h2-3,6,13-14H,1,4-5,7H2. The maximum Gasteiger partial charge on any atom is 0.211 e. The molecule has 0 aliphatic carbocycles. The normalized spacial score (nSPS) is 11.7. The zero-order valence-corrected chi connectivity index (χ0v) is 9.80. The van der Waals surface area contributed by atoms with Crippen molar-refractivity contribution < 1.29 is 22.3 Å². The van der Waals surface area contributed by atoms with Gasteiger partial charge in [0.25, 0.3) is 0 Å². The Balaban J connectivity index is 2.58. The van der Waals surface area contributed by atoms with Crippen LogP contribution in [0.25, 0.3) is 0 Å². The maximum absolute atomic E-state index is 12.8. The van der Waals surface area contributed by atoms with Crippen LogP contribution in [0.2, 0.25) is 0 Å². The molecule has 1 aromatic rings. The van der Waals surface area contributed by atoms with E-state index in [2.05, 4.69) is 4.72 Å². The molecule has 0 bridgehead atoms. The van der Waals surface area contributed by atoms with Gasteiger partial charge in [-0.25, -0.2) is 21.9 Å². The minimum absolute atomic E-state index is 0.106. The molecule has 2 N–H and O–H groups in total. The fourth-order valence-electron chi connectivity index (χ4n) is 1.17. The van der Waals surface area contributed by atoms with Crippen LogP contribution >= 0.6 is 0 Å². The summed E-state index contributed by atoms with van der Waals surface area (Å²) in [7, 11) is -3.49. The summed E-state index contributed by atoms with van der Waals surface area (Å²) in [5, 5.41) is 8.50. The number of hydrogen-bond donors (Lipinski definition) is 2. The summed E-state index contributed by atoms with van der Waals surface area (Å²) >= 11 is 0. The SMILES string of the molecule is O=S(=O)(CCCO)NCc1ccc(F)c(F)c1. The Bertz CT molecular complexity index is 476. The molecule has 0 unspecified atom stereocenters. The first-order valence-corrected chi connectivity index (χ1v) is 6.62. The fourth-order valence-corrected chi connectivity index (χ4v) is 2.21. The van der Waals surface area contributed by atoms with Crippen LogP contribution in [0.4, 0.5) is 8.78 Å². The molecule has 0 heterocycles. The third-order valence-corrected chi connectivity index (χ3v) is 3.46. The highest BCUT2D eigenvalue weighted by Gasteiger charge is 2.10. The van der Waals surface area contributed by atoms with E-state index in [1.54, 1.807) is 0 Å². The second-order valence-electron chi connectivity index (χ2n) is 3.47. The second kappa shape index (κ2) is 6.04. The van der Waals surface area contributed by atoms with E-state index in [0.717, 1.165) is 12.1 Å². The zero-order valence-electron chi connectivity index (χ0n) is 8.99. The molecule has 0 fully saturated rings. The van der Waals surface area contributed by atoms with Crippen molar-refractivity contribution in [3.05, 3.63) is 35.4 Å². The van der Waals surface area contributed by atoms with Crippen molar-refractivity contribution in [2.45, 2.75) is 13.0 Å². The van der Waals surface area contributed by atoms with Gasteiger partial charge in [-0.2, -0.15) is 0 Å². The minimum atomic E-state index is -3.49. The van der Waals surface area contributed by atoms with E-state index in [0.29, 0.717) is 5.56 Å². The predicted octanol–water partition coefficient (Wildman–Crippen LogP) is 0.767. The Hall–Kier alpha value is -1.05. The van der Waals surface area contributed by atoms with Crippen LogP contribution in [0.1, 0.15) is 12.0 Å². The maximum atomic E-state index is 12.8. The molecule has 0 saturated heterocycles. The smallest absolute Gasteiger partial charge is 0.211 e.